The summed E-state index contributed by atoms with van der Waals surface area (Å²) < 4.78 is 29.2. The number of carbonyl (C=O) groups excluding carboxylic acids is 2. The molecule has 0 saturated carbocycles. The van der Waals surface area contributed by atoms with Crippen LogP contribution in [0.4, 0.5) is 11.4 Å². The van der Waals surface area contributed by atoms with E-state index in [9.17, 15) is 23.2 Å². The standard InChI is InChI=1S/C24H22ClN3O5S/c1-14-13-27(31)12-11-19(14)28-22(29)20-17(25)9-10-18(21(20)23(28)30)26-34(32,33)16-7-5-15(6-8-16)24(2,3)4/h5-13,26H,1-4H3. The zero-order valence-corrected chi connectivity index (χ0v) is 20.5. The minimum absolute atomic E-state index is 0.0109. The summed E-state index contributed by atoms with van der Waals surface area (Å²) in [4.78, 5) is 27.4. The van der Waals surface area contributed by atoms with Crippen LogP contribution in [0.5, 0.6) is 0 Å². The first kappa shape index (κ1) is 23.7. The third-order valence-corrected chi connectivity index (χ3v) is 7.30. The van der Waals surface area contributed by atoms with Gasteiger partial charge in [-0.2, -0.15) is 4.73 Å². The summed E-state index contributed by atoms with van der Waals surface area (Å²) in [5, 5.41) is 11.6. The van der Waals surface area contributed by atoms with Gasteiger partial charge in [-0.1, -0.05) is 44.5 Å². The third kappa shape index (κ3) is 4.01. The van der Waals surface area contributed by atoms with Crippen molar-refractivity contribution in [3.8, 4) is 0 Å². The Balaban J connectivity index is 1.75. The van der Waals surface area contributed by atoms with Gasteiger partial charge in [0.15, 0.2) is 12.4 Å². The lowest BCUT2D eigenvalue weighted by molar-refractivity contribution is -0.605. The number of imide groups is 1. The van der Waals surface area contributed by atoms with Crippen LogP contribution in [0, 0.1) is 12.1 Å². The van der Waals surface area contributed by atoms with Gasteiger partial charge < -0.3 is 5.21 Å². The van der Waals surface area contributed by atoms with Gasteiger partial charge in [0.1, 0.15) is 0 Å². The number of anilines is 2. The molecule has 34 heavy (non-hydrogen) atoms. The van der Waals surface area contributed by atoms with Gasteiger partial charge in [-0.3, -0.25) is 14.3 Å². The van der Waals surface area contributed by atoms with E-state index in [4.69, 9.17) is 11.6 Å². The van der Waals surface area contributed by atoms with Crippen molar-refractivity contribution in [3.05, 3.63) is 87.3 Å². The summed E-state index contributed by atoms with van der Waals surface area (Å²) in [5.41, 5.74) is 1.11. The first-order valence-electron chi connectivity index (χ1n) is 10.4. The van der Waals surface area contributed by atoms with Crippen LogP contribution < -0.4 is 14.4 Å². The molecule has 0 spiro atoms. The van der Waals surface area contributed by atoms with Crippen LogP contribution in [-0.2, 0) is 15.4 Å². The van der Waals surface area contributed by atoms with Crippen LogP contribution in [0.15, 0.2) is 59.8 Å². The molecule has 176 valence electrons. The lowest BCUT2D eigenvalue weighted by atomic mass is 9.87. The van der Waals surface area contributed by atoms with E-state index in [0.29, 0.717) is 10.3 Å². The topological polar surface area (TPSA) is 110 Å². The molecule has 1 aliphatic rings. The van der Waals surface area contributed by atoms with Gasteiger partial charge in [-0.15, -0.1) is 0 Å². The van der Waals surface area contributed by atoms with Crippen LogP contribution in [-0.4, -0.2) is 20.2 Å². The molecule has 3 aromatic rings. The summed E-state index contributed by atoms with van der Waals surface area (Å²) in [7, 11) is -4.07. The van der Waals surface area contributed by atoms with Crippen molar-refractivity contribution in [1.82, 2.24) is 0 Å². The largest absolute Gasteiger partial charge is 0.619 e. The number of benzene rings is 2. The predicted octanol–water partition coefficient (Wildman–Crippen LogP) is 4.18. The monoisotopic (exact) mass is 499 g/mol. The van der Waals surface area contributed by atoms with E-state index in [1.165, 1.54) is 42.7 Å². The molecular weight excluding hydrogens is 478 g/mol. The Morgan fingerprint density at radius 1 is 0.971 bits per heavy atom. The van der Waals surface area contributed by atoms with Gasteiger partial charge in [0.2, 0.25) is 0 Å². The summed E-state index contributed by atoms with van der Waals surface area (Å²) in [6.45, 7) is 7.64. The highest BCUT2D eigenvalue weighted by molar-refractivity contribution is 7.92. The van der Waals surface area contributed by atoms with E-state index in [-0.39, 0.29) is 37.8 Å². The number of carbonyl (C=O) groups is 2. The summed E-state index contributed by atoms with van der Waals surface area (Å²) in [6, 6.07) is 10.5. The molecule has 0 unspecified atom stereocenters. The van der Waals surface area contributed by atoms with Crippen molar-refractivity contribution in [2.45, 2.75) is 38.0 Å². The number of nitrogens with one attached hydrogen (secondary N) is 1. The fourth-order valence-electron chi connectivity index (χ4n) is 3.79. The van der Waals surface area contributed by atoms with Crippen molar-refractivity contribution >= 4 is 44.8 Å². The Labute approximate surface area is 202 Å². The molecule has 1 aliphatic heterocycles. The lowest BCUT2D eigenvalue weighted by Gasteiger charge is -2.19. The molecule has 10 heteroatoms. The van der Waals surface area contributed by atoms with E-state index in [1.54, 1.807) is 19.1 Å². The molecule has 1 aromatic heterocycles. The van der Waals surface area contributed by atoms with Crippen LogP contribution in [0.2, 0.25) is 5.02 Å². The molecule has 0 radical (unpaired) electrons. The van der Waals surface area contributed by atoms with Gasteiger partial charge in [0, 0.05) is 11.6 Å². The fourth-order valence-corrected chi connectivity index (χ4v) is 5.10. The van der Waals surface area contributed by atoms with Crippen LogP contribution in [0.3, 0.4) is 0 Å². The van der Waals surface area contributed by atoms with Gasteiger partial charge in [0.25, 0.3) is 21.8 Å². The SMILES string of the molecule is Cc1c[n+]([O-])ccc1N1C(=O)c2c(Cl)ccc(NS(=O)(=O)c3ccc(C(C)(C)C)cc3)c2C1=O. The first-order chi connectivity index (χ1) is 15.8. The zero-order valence-electron chi connectivity index (χ0n) is 18.9. The second-order valence-corrected chi connectivity index (χ2v) is 11.1. The number of halogens is 1. The van der Waals surface area contributed by atoms with Crippen molar-refractivity contribution in [1.29, 1.82) is 0 Å². The average Bonchev–Trinajstić information content (AvgIpc) is 3.01. The molecular formula is C24H22ClN3O5S. The molecule has 2 heterocycles. The number of sulfonamides is 1. The van der Waals surface area contributed by atoms with E-state index in [2.05, 4.69) is 4.72 Å². The zero-order chi connectivity index (χ0) is 25.0. The number of hydrogen-bond donors (Lipinski definition) is 1. The number of aromatic nitrogens is 1. The Hall–Kier alpha value is -3.43. The molecule has 2 amide bonds. The maximum Gasteiger partial charge on any atom is 0.268 e. The maximum absolute atomic E-state index is 13.3. The smallest absolute Gasteiger partial charge is 0.268 e. The average molecular weight is 500 g/mol. The highest BCUT2D eigenvalue weighted by Crippen LogP contribution is 2.38. The number of rotatable bonds is 4. The van der Waals surface area contributed by atoms with Gasteiger partial charge in [-0.25, -0.2) is 13.3 Å². The molecule has 0 bridgehead atoms. The van der Waals surface area contributed by atoms with E-state index >= 15 is 0 Å². The Morgan fingerprint density at radius 3 is 2.18 bits per heavy atom. The molecule has 4 rings (SSSR count). The first-order valence-corrected chi connectivity index (χ1v) is 12.2. The molecule has 0 fully saturated rings. The minimum atomic E-state index is -4.07. The molecule has 0 saturated heterocycles. The van der Waals surface area contributed by atoms with Crippen LogP contribution >= 0.6 is 11.6 Å². The Bertz CT molecular complexity index is 1440. The molecule has 1 N–H and O–H groups in total. The fraction of sp³-hybridized carbons (Fsp3) is 0.208. The quantitative estimate of drug-likeness (QED) is 0.329. The highest BCUT2D eigenvalue weighted by Gasteiger charge is 2.42. The summed E-state index contributed by atoms with van der Waals surface area (Å²) in [6.07, 6.45) is 2.39. The van der Waals surface area contributed by atoms with E-state index < -0.39 is 21.8 Å². The Morgan fingerprint density at radius 2 is 1.59 bits per heavy atom. The second kappa shape index (κ2) is 8.11. The maximum atomic E-state index is 13.3. The predicted molar refractivity (Wildman–Crippen MR) is 129 cm³/mol. The van der Waals surface area contributed by atoms with Gasteiger partial charge >= 0.3 is 0 Å². The second-order valence-electron chi connectivity index (χ2n) is 9.04. The van der Waals surface area contributed by atoms with Crippen molar-refractivity contribution in [2.75, 3.05) is 9.62 Å². The van der Waals surface area contributed by atoms with Crippen molar-refractivity contribution in [3.63, 3.8) is 0 Å². The third-order valence-electron chi connectivity index (χ3n) is 5.61. The van der Waals surface area contributed by atoms with Gasteiger partial charge in [-0.05, 0) is 42.2 Å². The minimum Gasteiger partial charge on any atom is -0.619 e. The summed E-state index contributed by atoms with van der Waals surface area (Å²) >= 11 is 6.24. The van der Waals surface area contributed by atoms with E-state index in [1.807, 2.05) is 20.8 Å². The van der Waals surface area contributed by atoms with Crippen LogP contribution in [0.1, 0.15) is 52.6 Å². The lowest BCUT2D eigenvalue weighted by Crippen LogP contribution is -2.33. The molecule has 8 nitrogen and oxygen atoms in total. The number of hydrogen-bond acceptors (Lipinski definition) is 5. The molecule has 0 aliphatic carbocycles. The molecule has 2 aromatic carbocycles. The number of aryl methyl sites for hydroxylation is 1. The number of pyridine rings is 1. The van der Waals surface area contributed by atoms with Crippen LogP contribution in [0.25, 0.3) is 0 Å². The Kier molecular flexibility index (Phi) is 5.65. The number of fused-ring (bicyclic) bond motifs is 1. The molecule has 0 atom stereocenters. The normalized spacial score (nSPS) is 13.9. The van der Waals surface area contributed by atoms with E-state index in [0.717, 1.165) is 10.5 Å². The van der Waals surface area contributed by atoms with Gasteiger partial charge in [0.05, 0.1) is 32.4 Å². The highest BCUT2D eigenvalue weighted by atomic mass is 35.5. The van der Waals surface area contributed by atoms with Crippen molar-refractivity contribution in [2.24, 2.45) is 0 Å². The number of amides is 2. The summed E-state index contributed by atoms with van der Waals surface area (Å²) in [5.74, 6) is -1.44. The van der Waals surface area contributed by atoms with Crippen molar-refractivity contribution < 1.29 is 22.7 Å². The number of nitrogens with zero attached hydrogens (tertiary/aromatic N) is 2.